The molecule has 0 heterocycles. The topological polar surface area (TPSA) is 237 Å². The zero-order valence-corrected chi connectivity index (χ0v) is 73.3. The lowest BCUT2D eigenvalue weighted by molar-refractivity contribution is -0.161. The van der Waals surface area contributed by atoms with E-state index in [1.807, 2.05) is 0 Å². The van der Waals surface area contributed by atoms with Crippen LogP contribution < -0.4 is 0 Å². The van der Waals surface area contributed by atoms with E-state index in [2.05, 4.69) is 72.8 Å². The second-order valence-corrected chi connectivity index (χ2v) is 35.5. The van der Waals surface area contributed by atoms with E-state index in [0.29, 0.717) is 31.6 Å². The Morgan fingerprint density at radius 2 is 0.541 bits per heavy atom. The number of allylic oxidation sites excluding steroid dienone is 4. The van der Waals surface area contributed by atoms with Crippen LogP contribution >= 0.6 is 15.6 Å². The molecule has 644 valence electrons. The summed E-state index contributed by atoms with van der Waals surface area (Å²) in [5.74, 6) is 0.310. The van der Waals surface area contributed by atoms with Crippen LogP contribution in [0.2, 0.25) is 0 Å². The molecule has 0 aromatic carbocycles. The third-order valence-electron chi connectivity index (χ3n) is 21.2. The summed E-state index contributed by atoms with van der Waals surface area (Å²) in [6.07, 6.45) is 74.5. The van der Waals surface area contributed by atoms with Crippen LogP contribution in [0.3, 0.4) is 0 Å². The second-order valence-electron chi connectivity index (χ2n) is 32.6. The van der Waals surface area contributed by atoms with Crippen LogP contribution in [0.1, 0.15) is 453 Å². The van der Waals surface area contributed by atoms with Crippen molar-refractivity contribution in [2.24, 2.45) is 17.8 Å². The maximum atomic E-state index is 13.2. The van der Waals surface area contributed by atoms with E-state index in [4.69, 9.17) is 37.0 Å². The van der Waals surface area contributed by atoms with Gasteiger partial charge in [-0.2, -0.15) is 0 Å². The third-order valence-corrected chi connectivity index (χ3v) is 23.1. The van der Waals surface area contributed by atoms with Gasteiger partial charge in [0, 0.05) is 25.7 Å². The average Bonchev–Trinajstić information content (AvgIpc) is 0.898. The van der Waals surface area contributed by atoms with Crippen molar-refractivity contribution in [3.8, 4) is 0 Å². The van der Waals surface area contributed by atoms with Crippen LogP contribution in [0.25, 0.3) is 0 Å². The largest absolute Gasteiger partial charge is 0.472 e. The Kier molecular flexibility index (Phi) is 77.6. The molecule has 0 bridgehead atoms. The number of aliphatic hydroxyl groups is 1. The van der Waals surface area contributed by atoms with Crippen LogP contribution in [-0.4, -0.2) is 96.7 Å². The molecule has 0 aliphatic carbocycles. The first kappa shape index (κ1) is 107. The summed E-state index contributed by atoms with van der Waals surface area (Å²) in [6, 6.07) is 0. The minimum atomic E-state index is -4.98. The van der Waals surface area contributed by atoms with Crippen molar-refractivity contribution >= 4 is 39.5 Å². The van der Waals surface area contributed by atoms with E-state index in [1.165, 1.54) is 238 Å². The molecular formula is C90H172O17P2. The maximum Gasteiger partial charge on any atom is 0.472 e. The predicted molar refractivity (Wildman–Crippen MR) is 450 cm³/mol. The summed E-state index contributed by atoms with van der Waals surface area (Å²) in [4.78, 5) is 73.3. The smallest absolute Gasteiger partial charge is 0.462 e. The molecule has 0 aromatic heterocycles. The van der Waals surface area contributed by atoms with E-state index in [-0.39, 0.29) is 25.7 Å². The molecule has 0 spiro atoms. The fraction of sp³-hybridized carbons (Fsp3) is 0.911. The van der Waals surface area contributed by atoms with E-state index in [1.54, 1.807) is 0 Å². The SMILES string of the molecule is CCCCCC/C=C\C=C/CCCCCCCC(=O)OC[C@H](COP(=O)(O)OCC(O)COP(=O)(O)OC[C@@H](COC(=O)CCCCCCCCCC(C)C)OC(=O)CCCCCCCCCCCCCCCCCCCCC(C)CC)OC(=O)CCCCCCCCCCCCCCCCCCCCC(C)CC. The Balaban J connectivity index is 5.22. The molecule has 0 aromatic rings. The van der Waals surface area contributed by atoms with Gasteiger partial charge in [0.05, 0.1) is 26.4 Å². The molecule has 0 fully saturated rings. The summed E-state index contributed by atoms with van der Waals surface area (Å²) in [7, 11) is -9.94. The van der Waals surface area contributed by atoms with Crippen molar-refractivity contribution < 1.29 is 80.2 Å². The summed E-state index contributed by atoms with van der Waals surface area (Å²) < 4.78 is 68.9. The minimum Gasteiger partial charge on any atom is -0.462 e. The van der Waals surface area contributed by atoms with Crippen molar-refractivity contribution in [2.45, 2.75) is 471 Å². The molecule has 3 N–H and O–H groups in total. The quantitative estimate of drug-likeness (QED) is 0.0169. The number of carbonyl (C=O) groups is 4. The molecule has 17 nitrogen and oxygen atoms in total. The highest BCUT2D eigenvalue weighted by Gasteiger charge is 2.31. The Labute approximate surface area is 669 Å². The number of unbranched alkanes of at least 4 members (excludes halogenated alkanes) is 49. The third kappa shape index (κ3) is 80.5. The first-order valence-electron chi connectivity index (χ1n) is 45.7. The van der Waals surface area contributed by atoms with Crippen LogP contribution in [0, 0.1) is 17.8 Å². The van der Waals surface area contributed by atoms with Crippen molar-refractivity contribution in [3.05, 3.63) is 24.3 Å². The molecular weight excluding hydrogens is 1410 g/mol. The van der Waals surface area contributed by atoms with Crippen LogP contribution in [0.4, 0.5) is 0 Å². The molecule has 0 aliphatic heterocycles. The van der Waals surface area contributed by atoms with Gasteiger partial charge in [0.25, 0.3) is 0 Å². The lowest BCUT2D eigenvalue weighted by Gasteiger charge is -2.21. The Morgan fingerprint density at radius 1 is 0.303 bits per heavy atom. The van der Waals surface area contributed by atoms with Gasteiger partial charge in [-0.05, 0) is 69.1 Å². The lowest BCUT2D eigenvalue weighted by atomic mass is 9.99. The number of hydrogen-bond donors (Lipinski definition) is 3. The van der Waals surface area contributed by atoms with Gasteiger partial charge in [0.1, 0.15) is 19.3 Å². The molecule has 0 saturated heterocycles. The number of esters is 4. The molecule has 0 aliphatic rings. The number of rotatable bonds is 86. The van der Waals surface area contributed by atoms with Crippen molar-refractivity contribution in [3.63, 3.8) is 0 Å². The monoisotopic (exact) mass is 1590 g/mol. The molecule has 0 rings (SSSR count). The van der Waals surface area contributed by atoms with Crippen LogP contribution in [0.5, 0.6) is 0 Å². The van der Waals surface area contributed by atoms with Gasteiger partial charge in [-0.3, -0.25) is 37.3 Å². The number of aliphatic hydroxyl groups excluding tert-OH is 1. The number of ether oxygens (including phenoxy) is 4. The van der Waals surface area contributed by atoms with E-state index in [9.17, 15) is 43.2 Å². The van der Waals surface area contributed by atoms with Gasteiger partial charge in [-0.15, -0.1) is 0 Å². The Morgan fingerprint density at radius 3 is 0.817 bits per heavy atom. The van der Waals surface area contributed by atoms with Crippen LogP contribution in [0.15, 0.2) is 24.3 Å². The molecule has 7 atom stereocenters. The van der Waals surface area contributed by atoms with Gasteiger partial charge in [0.15, 0.2) is 12.2 Å². The number of phosphoric ester groups is 2. The lowest BCUT2D eigenvalue weighted by Crippen LogP contribution is -2.30. The van der Waals surface area contributed by atoms with Gasteiger partial charge in [0.2, 0.25) is 0 Å². The van der Waals surface area contributed by atoms with E-state index in [0.717, 1.165) is 127 Å². The molecule has 109 heavy (non-hydrogen) atoms. The Bertz CT molecular complexity index is 2200. The zero-order valence-electron chi connectivity index (χ0n) is 71.5. The normalized spacial score (nSPS) is 14.4. The number of phosphoric acid groups is 2. The van der Waals surface area contributed by atoms with Gasteiger partial charge in [-0.25, -0.2) is 9.13 Å². The highest BCUT2D eigenvalue weighted by Crippen LogP contribution is 2.45. The fourth-order valence-corrected chi connectivity index (χ4v) is 15.1. The maximum absolute atomic E-state index is 13.2. The van der Waals surface area contributed by atoms with Gasteiger partial charge < -0.3 is 33.8 Å². The highest BCUT2D eigenvalue weighted by molar-refractivity contribution is 7.47. The minimum absolute atomic E-state index is 0.101. The van der Waals surface area contributed by atoms with Gasteiger partial charge in [-0.1, -0.05) is 400 Å². The van der Waals surface area contributed by atoms with E-state index < -0.39 is 97.5 Å². The fourth-order valence-electron chi connectivity index (χ4n) is 13.5. The molecule has 19 heteroatoms. The summed E-state index contributed by atoms with van der Waals surface area (Å²) in [5.41, 5.74) is 0. The van der Waals surface area contributed by atoms with Crippen molar-refractivity contribution in [1.82, 2.24) is 0 Å². The zero-order chi connectivity index (χ0) is 80.0. The first-order valence-corrected chi connectivity index (χ1v) is 48.7. The molecule has 0 amide bonds. The number of hydrogen-bond acceptors (Lipinski definition) is 15. The van der Waals surface area contributed by atoms with Crippen molar-refractivity contribution in [1.29, 1.82) is 0 Å². The van der Waals surface area contributed by atoms with Crippen molar-refractivity contribution in [2.75, 3.05) is 39.6 Å². The standard InChI is InChI=1S/C90H172O17P2/c1-8-11-12-13-14-15-16-17-26-33-38-43-50-57-64-71-87(92)100-77-85(106-89(94)73-66-59-51-44-39-34-29-24-20-18-22-27-31-36-41-48-55-62-69-82(6)9-2)79-104-108(96,97)102-75-84(91)76-103-109(98,99)105-80-86(78-101-88(93)72-65-58-53-46-47-54-61-68-81(4)5)107-90(95)74-67-60-52-45-40-35-30-25-21-19-23-28-32-37-42-49-56-63-70-83(7)10-3/h15-17,26,81-86,91H,8-14,18-25,27-80H2,1-7H3,(H,96,97)(H,98,99)/b16-15-,26-17-/t82?,83?,84?,85-,86-/m1/s1. The second kappa shape index (κ2) is 79.4. The molecule has 0 radical (unpaired) electrons. The molecule has 5 unspecified atom stereocenters. The first-order chi connectivity index (χ1) is 52.8. The summed E-state index contributed by atoms with van der Waals surface area (Å²) >= 11 is 0. The molecule has 0 saturated carbocycles. The highest BCUT2D eigenvalue weighted by atomic mass is 31.2. The van der Waals surface area contributed by atoms with Crippen LogP contribution in [-0.2, 0) is 65.4 Å². The average molecular weight is 1590 g/mol. The Hall–Kier alpha value is -2.46. The van der Waals surface area contributed by atoms with Gasteiger partial charge >= 0.3 is 39.5 Å². The predicted octanol–water partition coefficient (Wildman–Crippen LogP) is 27.2. The summed E-state index contributed by atoms with van der Waals surface area (Å²) in [5, 5.41) is 10.7. The summed E-state index contributed by atoms with van der Waals surface area (Å²) in [6.45, 7) is 12.0. The number of carbonyl (C=O) groups excluding carboxylic acids is 4. The van der Waals surface area contributed by atoms with E-state index >= 15 is 0 Å².